The molecular weight excluding hydrogens is 317 g/mol. The number of aryl methyl sites for hydroxylation is 2. The van der Waals surface area contributed by atoms with Crippen LogP contribution in [0.25, 0.3) is 22.1 Å². The Morgan fingerprint density at radius 3 is 2.56 bits per heavy atom. The molecule has 0 unspecified atom stereocenters. The van der Waals surface area contributed by atoms with E-state index in [2.05, 4.69) is 26.8 Å². The molecule has 3 aromatic rings. The van der Waals surface area contributed by atoms with Crippen LogP contribution in [0.3, 0.4) is 0 Å². The summed E-state index contributed by atoms with van der Waals surface area (Å²) in [6.45, 7) is 9.15. The molecule has 3 rings (SSSR count). The number of benzene rings is 1. The maximum Gasteiger partial charge on any atom is 0.208 e. The van der Waals surface area contributed by atoms with Gasteiger partial charge in [-0.3, -0.25) is 9.97 Å². The molecule has 0 fully saturated rings. The Bertz CT molecular complexity index is 1040. The van der Waals surface area contributed by atoms with E-state index in [1.807, 2.05) is 24.6 Å². The van der Waals surface area contributed by atoms with Crippen LogP contribution in [0.4, 0.5) is 10.3 Å². The summed E-state index contributed by atoms with van der Waals surface area (Å²) in [5.74, 6) is 0.172. The maximum atomic E-state index is 14.3. The summed E-state index contributed by atoms with van der Waals surface area (Å²) >= 11 is 0. The Morgan fingerprint density at radius 1 is 1.24 bits per heavy atom. The second-order valence-corrected chi connectivity index (χ2v) is 5.83. The van der Waals surface area contributed by atoms with Gasteiger partial charge in [0.05, 0.1) is 16.7 Å². The average molecular weight is 337 g/mol. The molecule has 1 aromatic carbocycles. The van der Waals surface area contributed by atoms with Gasteiger partial charge in [-0.15, -0.1) is 0 Å². The quantitative estimate of drug-likeness (QED) is 0.709. The number of hydrogen-bond donors (Lipinski definition) is 1. The highest BCUT2D eigenvalue weighted by Crippen LogP contribution is 2.28. The fourth-order valence-corrected chi connectivity index (χ4v) is 2.74. The summed E-state index contributed by atoms with van der Waals surface area (Å²) in [7, 11) is 1.88. The Labute approximate surface area is 145 Å². The number of imidazole rings is 1. The van der Waals surface area contributed by atoms with E-state index in [-0.39, 0.29) is 5.83 Å². The molecule has 0 atom stereocenters. The first-order chi connectivity index (χ1) is 12.0. The summed E-state index contributed by atoms with van der Waals surface area (Å²) in [5.41, 5.74) is 5.25. The van der Waals surface area contributed by atoms with Crippen LogP contribution < -0.4 is 5.32 Å². The second kappa shape index (κ2) is 6.47. The van der Waals surface area contributed by atoms with Crippen molar-refractivity contribution in [2.75, 3.05) is 5.32 Å². The smallest absolute Gasteiger partial charge is 0.208 e. The molecular formula is C19H20FN5. The summed E-state index contributed by atoms with van der Waals surface area (Å²) < 4.78 is 16.1. The first-order valence-electron chi connectivity index (χ1n) is 7.97. The predicted octanol–water partition coefficient (Wildman–Crippen LogP) is 4.57. The van der Waals surface area contributed by atoms with E-state index in [4.69, 9.17) is 0 Å². The lowest BCUT2D eigenvalue weighted by atomic mass is 10.1. The van der Waals surface area contributed by atoms with E-state index < -0.39 is 0 Å². The monoisotopic (exact) mass is 337 g/mol. The Hall–Kier alpha value is -3.02. The molecule has 0 aliphatic heterocycles. The molecule has 0 bridgehead atoms. The number of nitrogens with zero attached hydrogens (tertiary/aromatic N) is 4. The number of nitrogens with one attached hydrogen (secondary N) is 1. The van der Waals surface area contributed by atoms with Crippen LogP contribution in [0.15, 0.2) is 54.3 Å². The molecule has 5 nitrogen and oxygen atoms in total. The highest BCUT2D eigenvalue weighted by molar-refractivity contribution is 6.02. The minimum atomic E-state index is -0.356. The van der Waals surface area contributed by atoms with Gasteiger partial charge in [-0.05, 0) is 44.1 Å². The second-order valence-electron chi connectivity index (χ2n) is 5.83. The normalized spacial score (nSPS) is 13.2. The van der Waals surface area contributed by atoms with E-state index in [0.717, 1.165) is 27.6 Å². The topological polar surface area (TPSA) is 55.6 Å². The van der Waals surface area contributed by atoms with Crippen molar-refractivity contribution in [3.8, 4) is 0 Å². The van der Waals surface area contributed by atoms with Crippen LogP contribution >= 0.6 is 0 Å². The first kappa shape index (κ1) is 16.8. The minimum Gasteiger partial charge on any atom is -0.323 e. The van der Waals surface area contributed by atoms with Gasteiger partial charge < -0.3 is 9.88 Å². The van der Waals surface area contributed by atoms with Gasteiger partial charge in [-0.1, -0.05) is 12.7 Å². The maximum absolute atomic E-state index is 14.3. The van der Waals surface area contributed by atoms with Crippen molar-refractivity contribution in [3.05, 3.63) is 59.9 Å². The number of aromatic nitrogens is 4. The number of rotatable bonds is 4. The van der Waals surface area contributed by atoms with Gasteiger partial charge in [0.2, 0.25) is 5.95 Å². The van der Waals surface area contributed by atoms with Gasteiger partial charge in [0.1, 0.15) is 16.9 Å². The van der Waals surface area contributed by atoms with Crippen molar-refractivity contribution in [1.29, 1.82) is 0 Å². The van der Waals surface area contributed by atoms with Crippen LogP contribution in [-0.2, 0) is 7.05 Å². The molecule has 2 heterocycles. The Morgan fingerprint density at radius 2 is 1.92 bits per heavy atom. The zero-order valence-corrected chi connectivity index (χ0v) is 14.8. The fraction of sp³-hybridized carbons (Fsp3) is 0.211. The van der Waals surface area contributed by atoms with Gasteiger partial charge in [-0.2, -0.15) is 0 Å². The van der Waals surface area contributed by atoms with E-state index in [0.29, 0.717) is 17.2 Å². The molecule has 0 spiro atoms. The lowest BCUT2D eigenvalue weighted by molar-refractivity contribution is 0.648. The van der Waals surface area contributed by atoms with Crippen LogP contribution in [0, 0.1) is 6.92 Å². The molecule has 128 valence electrons. The van der Waals surface area contributed by atoms with Crippen molar-refractivity contribution >= 4 is 28.0 Å². The molecule has 0 amide bonds. The van der Waals surface area contributed by atoms with Crippen LogP contribution in [-0.4, -0.2) is 19.5 Å². The van der Waals surface area contributed by atoms with Crippen molar-refractivity contribution in [2.45, 2.75) is 20.8 Å². The van der Waals surface area contributed by atoms with Crippen molar-refractivity contribution in [3.63, 3.8) is 0 Å². The van der Waals surface area contributed by atoms with Crippen molar-refractivity contribution < 1.29 is 4.39 Å². The Kier molecular flexibility index (Phi) is 4.35. The third kappa shape index (κ3) is 2.80. The van der Waals surface area contributed by atoms with E-state index in [1.54, 1.807) is 32.3 Å². The first-order valence-corrected chi connectivity index (χ1v) is 7.97. The average Bonchev–Trinajstić information content (AvgIpc) is 2.95. The third-order valence-corrected chi connectivity index (χ3v) is 4.22. The number of allylic oxidation sites excluding steroid dienone is 4. The fourth-order valence-electron chi connectivity index (χ4n) is 2.74. The van der Waals surface area contributed by atoms with Gasteiger partial charge >= 0.3 is 0 Å². The predicted molar refractivity (Wildman–Crippen MR) is 99.9 cm³/mol. The molecule has 25 heavy (non-hydrogen) atoms. The van der Waals surface area contributed by atoms with Gasteiger partial charge in [0.15, 0.2) is 0 Å². The largest absolute Gasteiger partial charge is 0.323 e. The van der Waals surface area contributed by atoms with Crippen molar-refractivity contribution in [1.82, 2.24) is 19.5 Å². The number of hydrogen-bond acceptors (Lipinski definition) is 4. The third-order valence-electron chi connectivity index (χ3n) is 4.22. The van der Waals surface area contributed by atoms with E-state index in [1.165, 1.54) is 6.08 Å². The summed E-state index contributed by atoms with van der Waals surface area (Å²) in [4.78, 5) is 13.5. The molecule has 6 heteroatoms. The van der Waals surface area contributed by atoms with Crippen molar-refractivity contribution in [2.24, 2.45) is 7.05 Å². The standard InChI is InChI=1S/C19H20FN5/c1-6-11(3)15(13(20)7-2)23-19-24-17-14(25(19)5)10-12(4)16-18(17)22-9-8-21-16/h6-10H,1H2,2-5H3,(H,23,24)/b13-7+,15-11+. The highest BCUT2D eigenvalue weighted by atomic mass is 19.1. The zero-order chi connectivity index (χ0) is 18.1. The van der Waals surface area contributed by atoms with E-state index in [9.17, 15) is 4.39 Å². The lowest BCUT2D eigenvalue weighted by Crippen LogP contribution is -2.07. The number of halogens is 1. The summed E-state index contributed by atoms with van der Waals surface area (Å²) in [6, 6.07) is 2.01. The van der Waals surface area contributed by atoms with E-state index >= 15 is 0 Å². The number of fused-ring (bicyclic) bond motifs is 3. The Balaban J connectivity index is 2.23. The van der Waals surface area contributed by atoms with Gasteiger partial charge in [0, 0.05) is 19.4 Å². The molecule has 0 aliphatic rings. The number of anilines is 1. The summed E-state index contributed by atoms with van der Waals surface area (Å²) in [6.07, 6.45) is 6.33. The molecule has 0 aliphatic carbocycles. The molecule has 0 saturated heterocycles. The zero-order valence-electron chi connectivity index (χ0n) is 14.8. The summed E-state index contributed by atoms with van der Waals surface area (Å²) in [5, 5.41) is 3.09. The SMILES string of the molecule is C=C/C(C)=C(Nc1nc2c3nccnc3c(C)cc2n1C)\C(F)=C/C. The highest BCUT2D eigenvalue weighted by Gasteiger charge is 2.16. The van der Waals surface area contributed by atoms with Crippen LogP contribution in [0.2, 0.25) is 0 Å². The van der Waals surface area contributed by atoms with Gasteiger partial charge in [-0.25, -0.2) is 9.37 Å². The molecule has 0 saturated carbocycles. The molecule has 0 radical (unpaired) electrons. The molecule has 1 N–H and O–H groups in total. The van der Waals surface area contributed by atoms with Crippen LogP contribution in [0.1, 0.15) is 19.4 Å². The minimum absolute atomic E-state index is 0.350. The lowest BCUT2D eigenvalue weighted by Gasteiger charge is -2.11. The molecule has 2 aromatic heterocycles. The van der Waals surface area contributed by atoms with Gasteiger partial charge in [0.25, 0.3) is 0 Å². The van der Waals surface area contributed by atoms with Crippen LogP contribution in [0.5, 0.6) is 0 Å².